The van der Waals surface area contributed by atoms with E-state index in [1.54, 1.807) is 4.57 Å². The topological polar surface area (TPSA) is 64.0 Å². The van der Waals surface area contributed by atoms with Crippen LogP contribution >= 0.6 is 11.8 Å². The number of nitrogens with zero attached hydrogens (tertiary/aromatic N) is 2. The number of rotatable bonds is 8. The minimum Gasteiger partial charge on any atom is -0.355 e. The molecule has 0 bridgehead atoms. The summed E-state index contributed by atoms with van der Waals surface area (Å²) in [6.45, 7) is 0.648. The summed E-state index contributed by atoms with van der Waals surface area (Å²) in [5.74, 6) is 0.242. The van der Waals surface area contributed by atoms with Crippen LogP contribution in [0.2, 0.25) is 0 Å². The normalized spacial score (nSPS) is 13.6. The third-order valence-corrected chi connectivity index (χ3v) is 5.78. The number of nitrogens with one attached hydrogen (secondary N) is 1. The fourth-order valence-electron chi connectivity index (χ4n) is 3.23. The van der Waals surface area contributed by atoms with E-state index in [0.717, 1.165) is 25.7 Å². The van der Waals surface area contributed by atoms with Crippen LogP contribution in [-0.2, 0) is 11.2 Å². The van der Waals surface area contributed by atoms with Crippen molar-refractivity contribution in [3.63, 3.8) is 0 Å². The predicted octanol–water partition coefficient (Wildman–Crippen LogP) is 3.57. The smallest absolute Gasteiger partial charge is 0.262 e. The summed E-state index contributed by atoms with van der Waals surface area (Å²) >= 11 is 1.35. The van der Waals surface area contributed by atoms with Gasteiger partial charge in [-0.2, -0.15) is 0 Å². The van der Waals surface area contributed by atoms with Crippen molar-refractivity contribution in [1.29, 1.82) is 0 Å². The first-order valence-electron chi connectivity index (χ1n) is 9.67. The van der Waals surface area contributed by atoms with E-state index in [0.29, 0.717) is 22.6 Å². The fraction of sp³-hybridized carbons (Fsp3) is 0.318. The molecule has 4 rings (SSSR count). The molecule has 0 saturated heterocycles. The molecule has 1 heterocycles. The first-order chi connectivity index (χ1) is 13.7. The number of amides is 1. The van der Waals surface area contributed by atoms with Gasteiger partial charge in [-0.25, -0.2) is 4.98 Å². The van der Waals surface area contributed by atoms with Gasteiger partial charge < -0.3 is 5.32 Å². The van der Waals surface area contributed by atoms with Gasteiger partial charge in [0.15, 0.2) is 5.16 Å². The lowest BCUT2D eigenvalue weighted by Gasteiger charge is -2.12. The molecule has 5 nitrogen and oxygen atoms in total. The molecule has 2 aromatic carbocycles. The summed E-state index contributed by atoms with van der Waals surface area (Å²) in [4.78, 5) is 29.7. The number of aryl methyl sites for hydroxylation is 1. The van der Waals surface area contributed by atoms with Gasteiger partial charge in [0, 0.05) is 12.6 Å². The van der Waals surface area contributed by atoms with Crippen LogP contribution in [-0.4, -0.2) is 27.8 Å². The number of para-hydroxylation sites is 1. The Hall–Kier alpha value is -2.60. The van der Waals surface area contributed by atoms with Crippen molar-refractivity contribution in [3.8, 4) is 0 Å². The Morgan fingerprint density at radius 3 is 2.64 bits per heavy atom. The highest BCUT2D eigenvalue weighted by Gasteiger charge is 2.28. The molecule has 0 radical (unpaired) electrons. The summed E-state index contributed by atoms with van der Waals surface area (Å²) in [5.41, 5.74) is 1.97. The minimum atomic E-state index is -0.0252. The van der Waals surface area contributed by atoms with E-state index < -0.39 is 0 Å². The van der Waals surface area contributed by atoms with Gasteiger partial charge in [0.05, 0.1) is 16.7 Å². The second-order valence-corrected chi connectivity index (χ2v) is 7.99. The molecule has 1 aliphatic rings. The molecule has 0 spiro atoms. The molecule has 1 N–H and O–H groups in total. The Labute approximate surface area is 168 Å². The van der Waals surface area contributed by atoms with Crippen LogP contribution in [0.15, 0.2) is 64.5 Å². The molecule has 0 aliphatic heterocycles. The molecule has 0 unspecified atom stereocenters. The number of hydrogen-bond donors (Lipinski definition) is 1. The molecule has 1 aliphatic carbocycles. The molecular formula is C22H23N3O2S. The van der Waals surface area contributed by atoms with Gasteiger partial charge in [-0.15, -0.1) is 0 Å². The summed E-state index contributed by atoms with van der Waals surface area (Å²) in [7, 11) is 0. The maximum absolute atomic E-state index is 12.8. The van der Waals surface area contributed by atoms with Crippen molar-refractivity contribution in [1.82, 2.24) is 14.9 Å². The Balaban J connectivity index is 1.35. The van der Waals surface area contributed by atoms with Crippen LogP contribution in [0, 0.1) is 0 Å². The molecule has 1 saturated carbocycles. The average molecular weight is 394 g/mol. The van der Waals surface area contributed by atoms with E-state index in [2.05, 4.69) is 22.4 Å². The number of aromatic nitrogens is 2. The van der Waals surface area contributed by atoms with Gasteiger partial charge in [-0.05, 0) is 43.4 Å². The largest absolute Gasteiger partial charge is 0.355 e. The third kappa shape index (κ3) is 4.44. The minimum absolute atomic E-state index is 0.00105. The molecular weight excluding hydrogens is 370 g/mol. The van der Waals surface area contributed by atoms with Crippen LogP contribution in [0.1, 0.15) is 30.9 Å². The highest BCUT2D eigenvalue weighted by Crippen LogP contribution is 2.36. The summed E-state index contributed by atoms with van der Waals surface area (Å²) in [5, 5.41) is 4.25. The number of thioether (sulfide) groups is 1. The Bertz CT molecular complexity index is 1030. The number of hydrogen-bond acceptors (Lipinski definition) is 4. The maximum Gasteiger partial charge on any atom is 0.262 e. The van der Waals surface area contributed by atoms with Gasteiger partial charge in [0.1, 0.15) is 0 Å². The first kappa shape index (κ1) is 18.7. The number of benzene rings is 2. The third-order valence-electron chi connectivity index (χ3n) is 4.83. The van der Waals surface area contributed by atoms with E-state index in [-0.39, 0.29) is 23.3 Å². The second kappa shape index (κ2) is 8.61. The van der Waals surface area contributed by atoms with Crippen LogP contribution < -0.4 is 10.9 Å². The zero-order valence-corrected chi connectivity index (χ0v) is 16.5. The van der Waals surface area contributed by atoms with Gasteiger partial charge in [0.2, 0.25) is 5.91 Å². The second-order valence-electron chi connectivity index (χ2n) is 7.05. The van der Waals surface area contributed by atoms with Crippen molar-refractivity contribution >= 4 is 28.6 Å². The van der Waals surface area contributed by atoms with Gasteiger partial charge in [0.25, 0.3) is 5.56 Å². The van der Waals surface area contributed by atoms with Gasteiger partial charge in [-0.3, -0.25) is 14.2 Å². The summed E-state index contributed by atoms with van der Waals surface area (Å²) in [6, 6.07) is 17.9. The van der Waals surface area contributed by atoms with Crippen LogP contribution in [0.4, 0.5) is 0 Å². The SMILES string of the molecule is O=C(CSc1nc2ccccc2c(=O)n1C1CC1)NCCCc1ccccc1. The molecule has 3 aromatic rings. The number of carbonyl (C=O) groups is 1. The van der Waals surface area contributed by atoms with Gasteiger partial charge >= 0.3 is 0 Å². The van der Waals surface area contributed by atoms with Crippen molar-refractivity contribution < 1.29 is 4.79 Å². The lowest BCUT2D eigenvalue weighted by atomic mass is 10.1. The van der Waals surface area contributed by atoms with Crippen molar-refractivity contribution in [3.05, 3.63) is 70.5 Å². The maximum atomic E-state index is 12.8. The zero-order chi connectivity index (χ0) is 19.3. The highest BCUT2D eigenvalue weighted by molar-refractivity contribution is 7.99. The Kier molecular flexibility index (Phi) is 5.76. The average Bonchev–Trinajstić information content (AvgIpc) is 3.55. The van der Waals surface area contributed by atoms with E-state index in [1.807, 2.05) is 42.5 Å². The number of carbonyl (C=O) groups excluding carboxylic acids is 1. The van der Waals surface area contributed by atoms with E-state index in [9.17, 15) is 9.59 Å². The molecule has 1 amide bonds. The summed E-state index contributed by atoms with van der Waals surface area (Å²) < 4.78 is 1.77. The molecule has 6 heteroatoms. The molecule has 28 heavy (non-hydrogen) atoms. The molecule has 144 valence electrons. The van der Waals surface area contributed by atoms with Gasteiger partial charge in [-0.1, -0.05) is 54.2 Å². The van der Waals surface area contributed by atoms with Crippen LogP contribution in [0.3, 0.4) is 0 Å². The van der Waals surface area contributed by atoms with Crippen molar-refractivity contribution in [2.45, 2.75) is 36.9 Å². The van der Waals surface area contributed by atoms with Crippen LogP contribution in [0.5, 0.6) is 0 Å². The molecule has 0 atom stereocenters. The molecule has 1 aromatic heterocycles. The highest BCUT2D eigenvalue weighted by atomic mass is 32.2. The van der Waals surface area contributed by atoms with Crippen LogP contribution in [0.25, 0.3) is 10.9 Å². The monoisotopic (exact) mass is 393 g/mol. The zero-order valence-electron chi connectivity index (χ0n) is 15.6. The van der Waals surface area contributed by atoms with E-state index in [4.69, 9.17) is 0 Å². The molecule has 1 fully saturated rings. The van der Waals surface area contributed by atoms with Crippen molar-refractivity contribution in [2.24, 2.45) is 0 Å². The Morgan fingerprint density at radius 1 is 1.11 bits per heavy atom. The summed E-state index contributed by atoms with van der Waals surface area (Å²) in [6.07, 6.45) is 3.85. The fourth-order valence-corrected chi connectivity index (χ4v) is 4.12. The lowest BCUT2D eigenvalue weighted by molar-refractivity contribution is -0.118. The van der Waals surface area contributed by atoms with Crippen molar-refractivity contribution in [2.75, 3.05) is 12.3 Å². The first-order valence-corrected chi connectivity index (χ1v) is 10.7. The number of fused-ring (bicyclic) bond motifs is 1. The standard InChI is InChI=1S/C22H23N3O2S/c26-20(23-14-6-9-16-7-2-1-3-8-16)15-28-22-24-19-11-5-4-10-18(19)21(27)25(22)17-12-13-17/h1-5,7-8,10-11,17H,6,9,12-15H2,(H,23,26). The predicted molar refractivity (Wildman–Crippen MR) is 113 cm³/mol. The quantitative estimate of drug-likeness (QED) is 0.361. The van der Waals surface area contributed by atoms with E-state index >= 15 is 0 Å². The lowest BCUT2D eigenvalue weighted by Crippen LogP contribution is -2.27. The van der Waals surface area contributed by atoms with E-state index in [1.165, 1.54) is 17.3 Å². The Morgan fingerprint density at radius 2 is 1.86 bits per heavy atom.